The number of amides is 1. The van der Waals surface area contributed by atoms with Crippen molar-refractivity contribution >= 4 is 33.8 Å². The number of sulfone groups is 1. The number of carbonyl (C=O) groups excluding carboxylic acids is 2. The third-order valence-electron chi connectivity index (χ3n) is 7.11. The van der Waals surface area contributed by atoms with E-state index < -0.39 is 56.6 Å². The largest absolute Gasteiger partial charge is 0.478 e. The fraction of sp³-hybridized carbons (Fsp3) is 0.214. The molecule has 2 saturated heterocycles. The number of aliphatic hydroxyl groups excluding tert-OH is 1. The Hall–Kier alpha value is -4.35. The molecule has 1 amide bonds. The van der Waals surface area contributed by atoms with Crippen LogP contribution in [0, 0.1) is 0 Å². The van der Waals surface area contributed by atoms with Crippen LogP contribution in [-0.4, -0.2) is 69.1 Å². The molecule has 2 fully saturated rings. The highest BCUT2D eigenvalue weighted by Crippen LogP contribution is 2.49. The third kappa shape index (κ3) is 4.19. The number of aromatic nitrogens is 1. The van der Waals surface area contributed by atoms with Gasteiger partial charge >= 0.3 is 11.9 Å². The molecule has 39 heavy (non-hydrogen) atoms. The zero-order chi connectivity index (χ0) is 27.9. The Morgan fingerprint density at radius 1 is 1.08 bits per heavy atom. The number of carbonyl (C=O) groups is 3. The maximum absolute atomic E-state index is 13.7. The summed E-state index contributed by atoms with van der Waals surface area (Å²) in [6.45, 7) is 0.275. The molecule has 2 aliphatic rings. The first-order valence-corrected chi connectivity index (χ1v) is 13.5. The molecule has 0 aliphatic carbocycles. The summed E-state index contributed by atoms with van der Waals surface area (Å²) < 4.78 is 31.1. The van der Waals surface area contributed by atoms with Crippen LogP contribution in [0.4, 0.5) is 0 Å². The molecule has 200 valence electrons. The number of nitrogens with zero attached hydrogens (tertiary/aromatic N) is 2. The highest BCUT2D eigenvalue weighted by molar-refractivity contribution is 7.94. The number of pyridine rings is 1. The van der Waals surface area contributed by atoms with Crippen molar-refractivity contribution in [1.29, 1.82) is 0 Å². The van der Waals surface area contributed by atoms with E-state index in [2.05, 4.69) is 4.98 Å². The first-order chi connectivity index (χ1) is 18.6. The molecular weight excluding hydrogens is 524 g/mol. The molecule has 1 aromatic heterocycles. The van der Waals surface area contributed by atoms with Crippen molar-refractivity contribution in [2.45, 2.75) is 29.2 Å². The number of hydrogen-bond donors (Lipinski definition) is 2. The lowest BCUT2D eigenvalue weighted by molar-refractivity contribution is -0.161. The van der Waals surface area contributed by atoms with E-state index in [9.17, 15) is 33.0 Å². The molecule has 0 bridgehead atoms. The fourth-order valence-corrected chi connectivity index (χ4v) is 7.21. The minimum Gasteiger partial charge on any atom is -0.478 e. The van der Waals surface area contributed by atoms with Crippen LogP contribution in [0.25, 0.3) is 6.08 Å². The van der Waals surface area contributed by atoms with Crippen molar-refractivity contribution in [3.63, 3.8) is 0 Å². The molecule has 5 rings (SSSR count). The van der Waals surface area contributed by atoms with Gasteiger partial charge in [0.1, 0.15) is 4.75 Å². The van der Waals surface area contributed by atoms with E-state index in [-0.39, 0.29) is 16.8 Å². The van der Waals surface area contributed by atoms with Crippen LogP contribution in [-0.2, 0) is 24.2 Å². The van der Waals surface area contributed by atoms with Gasteiger partial charge in [0.2, 0.25) is 0 Å². The number of β-lactam (4-membered cyclic amide) rings is 1. The van der Waals surface area contributed by atoms with Gasteiger partial charge in [-0.1, -0.05) is 60.7 Å². The second kappa shape index (κ2) is 9.75. The Bertz CT molecular complexity index is 1550. The number of fused-ring (bicyclic) bond motifs is 1. The maximum atomic E-state index is 13.7. The first kappa shape index (κ1) is 26.3. The normalized spacial score (nSPS) is 24.3. The Morgan fingerprint density at radius 3 is 2.21 bits per heavy atom. The molecule has 11 heteroatoms. The van der Waals surface area contributed by atoms with Gasteiger partial charge in [-0.25, -0.2) is 18.0 Å². The molecule has 3 heterocycles. The van der Waals surface area contributed by atoms with Gasteiger partial charge in [0.25, 0.3) is 5.91 Å². The summed E-state index contributed by atoms with van der Waals surface area (Å²) in [4.78, 5) is 43.2. The maximum Gasteiger partial charge on any atom is 0.335 e. The summed E-state index contributed by atoms with van der Waals surface area (Å²) in [6, 6.07) is 18.6. The van der Waals surface area contributed by atoms with Gasteiger partial charge in [-0.05, 0) is 36.3 Å². The molecule has 0 spiro atoms. The Morgan fingerprint density at radius 2 is 1.67 bits per heavy atom. The van der Waals surface area contributed by atoms with E-state index in [1.54, 1.807) is 60.7 Å². The molecule has 0 unspecified atom stereocenters. The molecule has 3 aromatic rings. The highest BCUT2D eigenvalue weighted by Gasteiger charge is 2.72. The number of aromatic carboxylic acids is 1. The minimum absolute atomic E-state index is 0.0676. The summed E-state index contributed by atoms with van der Waals surface area (Å²) in [5.74, 6) is -2.94. The van der Waals surface area contributed by atoms with E-state index >= 15 is 0 Å². The number of carboxylic acid groups (broad SMARTS) is 1. The SMILES string of the molecule is C[C@]1(CO)[C@H](C(=O)OC(c2ccccc2)c2ccccc2)N2C(=O)/C(=C/c3cc(C(=O)O)ccn3)[C@H]2S1(=O)=O. The molecule has 0 radical (unpaired) electrons. The van der Waals surface area contributed by atoms with Gasteiger partial charge < -0.3 is 19.8 Å². The molecular formula is C28H24N2O8S. The van der Waals surface area contributed by atoms with Crippen LogP contribution in [0.5, 0.6) is 0 Å². The monoisotopic (exact) mass is 548 g/mol. The van der Waals surface area contributed by atoms with Crippen LogP contribution in [0.1, 0.15) is 40.2 Å². The lowest BCUT2D eigenvalue weighted by Gasteiger charge is -2.39. The van der Waals surface area contributed by atoms with Crippen molar-refractivity contribution in [1.82, 2.24) is 9.88 Å². The summed E-state index contributed by atoms with van der Waals surface area (Å²) in [6.07, 6.45) is 1.53. The van der Waals surface area contributed by atoms with E-state index in [4.69, 9.17) is 4.74 Å². The standard InChI is InChI=1S/C28H24N2O8S/c1-28(16-31)23(27(35)38-22(17-8-4-2-5-9-17)18-10-6-3-7-11-18)30-24(32)21(25(30)39(28,36)37)15-20-14-19(26(33)34)12-13-29-20/h2-15,22-23,25,31H,16H2,1H3,(H,33,34)/b21-15-/t23-,25+,28-/m0/s1. The molecule has 0 saturated carbocycles. The van der Waals surface area contributed by atoms with Crippen LogP contribution in [0.2, 0.25) is 0 Å². The number of hydrogen-bond acceptors (Lipinski definition) is 8. The smallest absolute Gasteiger partial charge is 0.335 e. The number of ether oxygens (including phenoxy) is 1. The van der Waals surface area contributed by atoms with Gasteiger partial charge in [0.05, 0.1) is 23.4 Å². The lowest BCUT2D eigenvalue weighted by Crippen LogP contribution is -2.60. The Kier molecular flexibility index (Phi) is 6.57. The molecule has 2 aliphatic heterocycles. The molecule has 10 nitrogen and oxygen atoms in total. The van der Waals surface area contributed by atoms with E-state index in [1.807, 2.05) is 0 Å². The van der Waals surface area contributed by atoms with Crippen LogP contribution >= 0.6 is 0 Å². The average Bonchev–Trinajstić information content (AvgIpc) is 3.11. The fourth-order valence-electron chi connectivity index (χ4n) is 4.98. The molecule has 3 atom stereocenters. The summed E-state index contributed by atoms with van der Waals surface area (Å²) in [5.41, 5.74) is 1.07. The topological polar surface area (TPSA) is 151 Å². The number of carboxylic acids is 1. The number of aliphatic hydroxyl groups is 1. The number of benzene rings is 2. The lowest BCUT2D eigenvalue weighted by atomic mass is 9.94. The quantitative estimate of drug-likeness (QED) is 0.257. The highest BCUT2D eigenvalue weighted by atomic mass is 32.2. The van der Waals surface area contributed by atoms with Crippen LogP contribution < -0.4 is 0 Å². The zero-order valence-corrected chi connectivity index (χ0v) is 21.5. The Labute approximate surface area is 224 Å². The van der Waals surface area contributed by atoms with Gasteiger partial charge in [-0.2, -0.15) is 0 Å². The van der Waals surface area contributed by atoms with Crippen molar-refractivity contribution in [2.75, 3.05) is 6.61 Å². The van der Waals surface area contributed by atoms with Gasteiger partial charge in [-0.15, -0.1) is 0 Å². The molecule has 2 N–H and O–H groups in total. The average molecular weight is 549 g/mol. The van der Waals surface area contributed by atoms with Crippen LogP contribution in [0.15, 0.2) is 84.6 Å². The van der Waals surface area contributed by atoms with E-state index in [1.165, 1.54) is 31.3 Å². The van der Waals surface area contributed by atoms with Gasteiger partial charge in [-0.3, -0.25) is 9.78 Å². The van der Waals surface area contributed by atoms with Crippen LogP contribution in [0.3, 0.4) is 0 Å². The predicted molar refractivity (Wildman–Crippen MR) is 139 cm³/mol. The summed E-state index contributed by atoms with van der Waals surface area (Å²) >= 11 is 0. The van der Waals surface area contributed by atoms with Gasteiger partial charge in [0, 0.05) is 6.20 Å². The number of esters is 1. The van der Waals surface area contributed by atoms with Crippen molar-refractivity contribution in [3.05, 3.63) is 107 Å². The zero-order valence-electron chi connectivity index (χ0n) is 20.7. The van der Waals surface area contributed by atoms with E-state index in [0.717, 1.165) is 4.90 Å². The third-order valence-corrected chi connectivity index (χ3v) is 9.83. The van der Waals surface area contributed by atoms with Crippen molar-refractivity contribution in [3.8, 4) is 0 Å². The summed E-state index contributed by atoms with van der Waals surface area (Å²) in [7, 11) is -4.32. The number of rotatable bonds is 7. The van der Waals surface area contributed by atoms with Crippen molar-refractivity contribution < 1.29 is 37.8 Å². The minimum atomic E-state index is -4.32. The first-order valence-electron chi connectivity index (χ1n) is 12.0. The summed E-state index contributed by atoms with van der Waals surface area (Å²) in [5, 5.41) is 18.0. The van der Waals surface area contributed by atoms with Gasteiger partial charge in [0.15, 0.2) is 27.4 Å². The second-order valence-corrected chi connectivity index (χ2v) is 12.0. The van der Waals surface area contributed by atoms with Crippen molar-refractivity contribution in [2.24, 2.45) is 0 Å². The second-order valence-electron chi connectivity index (χ2n) is 9.50. The van der Waals surface area contributed by atoms with E-state index in [0.29, 0.717) is 11.1 Å². The Balaban J connectivity index is 1.52. The predicted octanol–water partition coefficient (Wildman–Crippen LogP) is 2.21. The molecule has 2 aromatic carbocycles.